The monoisotopic (exact) mass is 273 g/mol. The summed E-state index contributed by atoms with van der Waals surface area (Å²) in [5.41, 5.74) is 5.72. The van der Waals surface area contributed by atoms with E-state index in [9.17, 15) is 9.18 Å². The van der Waals surface area contributed by atoms with E-state index in [4.69, 9.17) is 5.73 Å². The Morgan fingerprint density at radius 1 is 1.50 bits per heavy atom. The van der Waals surface area contributed by atoms with Crippen molar-refractivity contribution in [1.29, 1.82) is 0 Å². The van der Waals surface area contributed by atoms with Gasteiger partial charge in [-0.05, 0) is 18.2 Å². The largest absolute Gasteiger partial charge is 0.345 e. The first-order valence-corrected chi connectivity index (χ1v) is 5.81. The predicted octanol–water partition coefficient (Wildman–Crippen LogP) is 0.184. The summed E-state index contributed by atoms with van der Waals surface area (Å²) in [7, 11) is 0. The number of rotatable bonds is 3. The van der Waals surface area contributed by atoms with Crippen LogP contribution in [0.5, 0.6) is 0 Å². The maximum Gasteiger partial charge on any atom is 0.254 e. The van der Waals surface area contributed by atoms with Crippen LogP contribution in [-0.4, -0.2) is 27.6 Å². The third kappa shape index (κ3) is 3.40. The number of benzene rings is 1. The molecule has 0 atom stereocenters. The first-order valence-electron chi connectivity index (χ1n) is 5.81. The van der Waals surface area contributed by atoms with Gasteiger partial charge in [-0.3, -0.25) is 9.89 Å². The Kier molecular flexibility index (Phi) is 4.42. The van der Waals surface area contributed by atoms with Gasteiger partial charge in [0.25, 0.3) is 5.91 Å². The molecule has 0 aliphatic heterocycles. The van der Waals surface area contributed by atoms with E-state index in [-0.39, 0.29) is 18.7 Å². The highest BCUT2D eigenvalue weighted by Gasteiger charge is 2.12. The summed E-state index contributed by atoms with van der Waals surface area (Å²) >= 11 is 0. The zero-order valence-corrected chi connectivity index (χ0v) is 10.5. The second-order valence-electron chi connectivity index (χ2n) is 3.82. The van der Waals surface area contributed by atoms with E-state index in [1.807, 2.05) is 0 Å². The van der Waals surface area contributed by atoms with Crippen LogP contribution in [0.25, 0.3) is 0 Å². The van der Waals surface area contributed by atoms with E-state index >= 15 is 0 Å². The number of nitrogens with zero attached hydrogens (tertiary/aromatic N) is 2. The first kappa shape index (κ1) is 13.7. The van der Waals surface area contributed by atoms with Crippen molar-refractivity contribution >= 4 is 5.91 Å². The van der Waals surface area contributed by atoms with Crippen molar-refractivity contribution in [2.75, 3.05) is 6.54 Å². The lowest BCUT2D eigenvalue weighted by atomic mass is 10.1. The molecule has 2 aromatic rings. The molecule has 2 rings (SSSR count). The maximum atomic E-state index is 13.6. The zero-order valence-electron chi connectivity index (χ0n) is 10.5. The fourth-order valence-electron chi connectivity index (χ4n) is 1.51. The van der Waals surface area contributed by atoms with Crippen molar-refractivity contribution in [1.82, 2.24) is 20.5 Å². The highest BCUT2D eigenvalue weighted by atomic mass is 19.1. The van der Waals surface area contributed by atoms with Crippen molar-refractivity contribution in [3.05, 3.63) is 47.3 Å². The van der Waals surface area contributed by atoms with E-state index in [0.29, 0.717) is 11.4 Å². The molecular weight excluding hydrogens is 261 g/mol. The smallest absolute Gasteiger partial charge is 0.254 e. The molecule has 1 heterocycles. The summed E-state index contributed by atoms with van der Waals surface area (Å²) < 4.78 is 13.6. The van der Waals surface area contributed by atoms with Gasteiger partial charge in [0.2, 0.25) is 0 Å². The minimum atomic E-state index is -0.613. The number of halogens is 1. The molecule has 1 aromatic carbocycles. The molecule has 0 aliphatic carbocycles. The van der Waals surface area contributed by atoms with Crippen LogP contribution in [0.15, 0.2) is 24.5 Å². The summed E-state index contributed by atoms with van der Waals surface area (Å²) in [5, 5.41) is 8.78. The number of carbonyl (C=O) groups excluding carboxylic acids is 1. The van der Waals surface area contributed by atoms with Crippen LogP contribution in [0.2, 0.25) is 0 Å². The fraction of sp³-hybridized carbons (Fsp3) is 0.154. The van der Waals surface area contributed by atoms with Gasteiger partial charge >= 0.3 is 0 Å². The lowest BCUT2D eigenvalue weighted by Crippen LogP contribution is -2.24. The molecule has 4 N–H and O–H groups in total. The SMILES string of the molecule is NCC#Cc1ccc(F)c(C(=O)NCc2ncn[nH]2)c1. The molecular formula is C13H12FN5O. The van der Waals surface area contributed by atoms with Crippen molar-refractivity contribution in [2.24, 2.45) is 5.73 Å². The number of hydrogen-bond acceptors (Lipinski definition) is 4. The second-order valence-corrected chi connectivity index (χ2v) is 3.82. The van der Waals surface area contributed by atoms with Gasteiger partial charge in [0, 0.05) is 5.56 Å². The summed E-state index contributed by atoms with van der Waals surface area (Å²) in [6, 6.07) is 4.07. The number of aromatic amines is 1. The summed E-state index contributed by atoms with van der Waals surface area (Å²) in [6.45, 7) is 0.335. The van der Waals surface area contributed by atoms with Crippen molar-refractivity contribution in [2.45, 2.75) is 6.54 Å². The lowest BCUT2D eigenvalue weighted by Gasteiger charge is -2.05. The van der Waals surface area contributed by atoms with Gasteiger partial charge in [0.1, 0.15) is 18.0 Å². The number of hydrogen-bond donors (Lipinski definition) is 3. The van der Waals surface area contributed by atoms with Crippen LogP contribution in [0.4, 0.5) is 4.39 Å². The van der Waals surface area contributed by atoms with Crippen LogP contribution in [0.1, 0.15) is 21.7 Å². The molecule has 0 radical (unpaired) electrons. The van der Waals surface area contributed by atoms with E-state index in [2.05, 4.69) is 32.3 Å². The highest BCUT2D eigenvalue weighted by Crippen LogP contribution is 2.10. The quantitative estimate of drug-likeness (QED) is 0.695. The number of carbonyl (C=O) groups is 1. The van der Waals surface area contributed by atoms with Crippen molar-refractivity contribution < 1.29 is 9.18 Å². The van der Waals surface area contributed by atoms with Crippen LogP contribution in [0.3, 0.4) is 0 Å². The number of H-pyrrole nitrogens is 1. The number of nitrogens with two attached hydrogens (primary N) is 1. The van der Waals surface area contributed by atoms with Gasteiger partial charge in [-0.2, -0.15) is 5.10 Å². The molecule has 0 unspecified atom stereocenters. The molecule has 0 saturated carbocycles. The highest BCUT2D eigenvalue weighted by molar-refractivity contribution is 5.94. The molecule has 20 heavy (non-hydrogen) atoms. The van der Waals surface area contributed by atoms with E-state index in [1.165, 1.54) is 24.5 Å². The molecule has 1 amide bonds. The van der Waals surface area contributed by atoms with Gasteiger partial charge in [0.05, 0.1) is 18.7 Å². The van der Waals surface area contributed by atoms with Gasteiger partial charge in [0.15, 0.2) is 0 Å². The fourth-order valence-corrected chi connectivity index (χ4v) is 1.51. The summed E-state index contributed by atoms with van der Waals surface area (Å²) in [5.74, 6) is 4.72. The van der Waals surface area contributed by atoms with Crippen molar-refractivity contribution in [3.8, 4) is 11.8 Å². The molecule has 0 aliphatic rings. The molecule has 6 nitrogen and oxygen atoms in total. The second kappa shape index (κ2) is 6.45. The van der Waals surface area contributed by atoms with Gasteiger partial charge in [-0.1, -0.05) is 11.8 Å². The Hall–Kier alpha value is -2.72. The Morgan fingerprint density at radius 3 is 3.05 bits per heavy atom. The molecule has 7 heteroatoms. The summed E-state index contributed by atoms with van der Waals surface area (Å²) in [4.78, 5) is 15.8. The Labute approximate surface area is 114 Å². The van der Waals surface area contributed by atoms with E-state index in [0.717, 1.165) is 0 Å². The molecule has 0 spiro atoms. The molecule has 0 bridgehead atoms. The van der Waals surface area contributed by atoms with Crippen molar-refractivity contribution in [3.63, 3.8) is 0 Å². The Morgan fingerprint density at radius 2 is 2.35 bits per heavy atom. The molecule has 1 aromatic heterocycles. The maximum absolute atomic E-state index is 13.6. The number of nitrogens with one attached hydrogen (secondary N) is 2. The zero-order chi connectivity index (χ0) is 14.4. The van der Waals surface area contributed by atoms with Gasteiger partial charge < -0.3 is 11.1 Å². The average molecular weight is 273 g/mol. The number of aromatic nitrogens is 3. The Balaban J connectivity index is 2.12. The third-order valence-electron chi connectivity index (χ3n) is 2.43. The minimum Gasteiger partial charge on any atom is -0.345 e. The number of amides is 1. The van der Waals surface area contributed by atoms with Crippen LogP contribution in [0, 0.1) is 17.7 Å². The van der Waals surface area contributed by atoms with Crippen LogP contribution >= 0.6 is 0 Å². The van der Waals surface area contributed by atoms with Gasteiger partial charge in [-0.15, -0.1) is 0 Å². The van der Waals surface area contributed by atoms with E-state index in [1.54, 1.807) is 0 Å². The Bertz CT molecular complexity index is 657. The standard InChI is InChI=1S/C13H12FN5O/c14-11-4-3-9(2-1-5-15)6-10(11)13(20)16-7-12-17-8-18-19-12/h3-4,6,8H,5,7,15H2,(H,16,20)(H,17,18,19). The lowest BCUT2D eigenvalue weighted by molar-refractivity contribution is 0.0946. The molecule has 0 saturated heterocycles. The molecule has 0 fully saturated rings. The normalized spacial score (nSPS) is 9.70. The predicted molar refractivity (Wildman–Crippen MR) is 69.9 cm³/mol. The summed E-state index contributed by atoms with van der Waals surface area (Å²) in [6.07, 6.45) is 1.32. The van der Waals surface area contributed by atoms with Crippen LogP contribution < -0.4 is 11.1 Å². The van der Waals surface area contributed by atoms with E-state index < -0.39 is 11.7 Å². The third-order valence-corrected chi connectivity index (χ3v) is 2.43. The topological polar surface area (TPSA) is 96.7 Å². The van der Waals surface area contributed by atoms with Gasteiger partial charge in [-0.25, -0.2) is 9.37 Å². The first-order chi connectivity index (χ1) is 9.70. The average Bonchev–Trinajstić information content (AvgIpc) is 2.97. The minimum absolute atomic E-state index is 0.0756. The van der Waals surface area contributed by atoms with Crippen LogP contribution in [-0.2, 0) is 6.54 Å². The molecule has 102 valence electrons.